The molecule has 1 saturated heterocycles. The van der Waals surface area contributed by atoms with Crippen LogP contribution in [-0.2, 0) is 14.3 Å². The first kappa shape index (κ1) is 21.4. The Kier molecular flexibility index (Phi) is 5.75. The minimum atomic E-state index is -0.918. The normalized spacial score (nSPS) is 20.8. The third-order valence-electron chi connectivity index (χ3n) is 5.88. The van der Waals surface area contributed by atoms with Gasteiger partial charge in [-0.1, -0.05) is 48.5 Å². The number of amides is 1. The highest BCUT2D eigenvalue weighted by Crippen LogP contribution is 2.44. The number of carboxylic acid groups (broad SMARTS) is 1. The van der Waals surface area contributed by atoms with Gasteiger partial charge in [0.25, 0.3) is 0 Å². The molecule has 31 heavy (non-hydrogen) atoms. The Morgan fingerprint density at radius 1 is 1.00 bits per heavy atom. The molecule has 1 amide bonds. The van der Waals surface area contributed by atoms with Crippen LogP contribution in [0.1, 0.15) is 44.2 Å². The van der Waals surface area contributed by atoms with Crippen LogP contribution >= 0.6 is 0 Å². The number of rotatable bonds is 4. The Morgan fingerprint density at radius 2 is 1.58 bits per heavy atom. The highest BCUT2D eigenvalue weighted by molar-refractivity contribution is 5.79. The van der Waals surface area contributed by atoms with Crippen LogP contribution in [0.3, 0.4) is 0 Å². The molecule has 0 bridgehead atoms. The number of carbonyl (C=O) groups excluding carboxylic acids is 1. The number of likely N-dealkylation sites (tertiary alicyclic amines) is 1. The van der Waals surface area contributed by atoms with Crippen LogP contribution in [0.15, 0.2) is 48.5 Å². The van der Waals surface area contributed by atoms with E-state index in [1.54, 1.807) is 0 Å². The molecule has 0 saturated carbocycles. The van der Waals surface area contributed by atoms with Gasteiger partial charge in [0.05, 0.1) is 24.2 Å². The van der Waals surface area contributed by atoms with E-state index in [2.05, 4.69) is 24.3 Å². The summed E-state index contributed by atoms with van der Waals surface area (Å²) < 4.78 is 11.7. The largest absolute Gasteiger partial charge is 0.481 e. The average molecular weight is 424 g/mol. The molecule has 2 aliphatic rings. The van der Waals surface area contributed by atoms with Crippen LogP contribution in [0.5, 0.6) is 0 Å². The summed E-state index contributed by atoms with van der Waals surface area (Å²) in [7, 11) is 0. The molecule has 1 N–H and O–H groups in total. The average Bonchev–Trinajstić information content (AvgIpc) is 3.04. The molecule has 2 atom stereocenters. The van der Waals surface area contributed by atoms with Crippen LogP contribution in [0.4, 0.5) is 4.79 Å². The summed E-state index contributed by atoms with van der Waals surface area (Å²) in [5.74, 6) is -1.61. The molecule has 0 radical (unpaired) electrons. The lowest BCUT2D eigenvalue weighted by atomic mass is 9.95. The van der Waals surface area contributed by atoms with Crippen LogP contribution in [0, 0.1) is 5.92 Å². The Hall–Kier alpha value is -2.86. The number of benzene rings is 2. The molecule has 1 aliphatic carbocycles. The van der Waals surface area contributed by atoms with Crippen molar-refractivity contribution in [3.63, 3.8) is 0 Å². The molecule has 1 fully saturated rings. The van der Waals surface area contributed by atoms with Gasteiger partial charge >= 0.3 is 12.1 Å². The van der Waals surface area contributed by atoms with E-state index in [-0.39, 0.29) is 25.2 Å². The monoisotopic (exact) mass is 423 g/mol. The van der Waals surface area contributed by atoms with Gasteiger partial charge in [-0.2, -0.15) is 0 Å². The number of ether oxygens (including phenoxy) is 2. The van der Waals surface area contributed by atoms with E-state index in [1.807, 2.05) is 45.0 Å². The maximum atomic E-state index is 12.9. The fourth-order valence-electron chi connectivity index (χ4n) is 4.65. The predicted molar refractivity (Wildman–Crippen MR) is 117 cm³/mol. The maximum absolute atomic E-state index is 12.9. The lowest BCUT2D eigenvalue weighted by Gasteiger charge is -2.38. The number of piperidine rings is 1. The molecule has 6 nitrogen and oxygen atoms in total. The van der Waals surface area contributed by atoms with Crippen molar-refractivity contribution in [3.05, 3.63) is 59.7 Å². The van der Waals surface area contributed by atoms with Gasteiger partial charge in [-0.15, -0.1) is 0 Å². The van der Waals surface area contributed by atoms with Crippen LogP contribution in [0.25, 0.3) is 11.1 Å². The van der Waals surface area contributed by atoms with Crippen molar-refractivity contribution in [3.8, 4) is 11.1 Å². The summed E-state index contributed by atoms with van der Waals surface area (Å²) in [6.07, 6.45) is -0.439. The molecule has 1 aliphatic heterocycles. The van der Waals surface area contributed by atoms with Gasteiger partial charge in [0.1, 0.15) is 6.61 Å². The van der Waals surface area contributed by atoms with E-state index in [9.17, 15) is 14.7 Å². The zero-order valence-electron chi connectivity index (χ0n) is 18.2. The van der Waals surface area contributed by atoms with Crippen molar-refractivity contribution in [2.75, 3.05) is 19.7 Å². The van der Waals surface area contributed by atoms with Gasteiger partial charge < -0.3 is 19.5 Å². The highest BCUT2D eigenvalue weighted by Gasteiger charge is 2.37. The van der Waals surface area contributed by atoms with Gasteiger partial charge in [0.2, 0.25) is 0 Å². The van der Waals surface area contributed by atoms with Gasteiger partial charge in [-0.3, -0.25) is 4.79 Å². The Bertz CT molecular complexity index is 934. The fraction of sp³-hybridized carbons (Fsp3) is 0.440. The van der Waals surface area contributed by atoms with Crippen LogP contribution in [0.2, 0.25) is 0 Å². The summed E-state index contributed by atoms with van der Waals surface area (Å²) in [5.41, 5.74) is 4.21. The molecule has 4 rings (SSSR count). The predicted octanol–water partition coefficient (Wildman–Crippen LogP) is 4.53. The Balaban J connectivity index is 1.47. The van der Waals surface area contributed by atoms with Crippen molar-refractivity contribution in [2.45, 2.75) is 44.8 Å². The van der Waals surface area contributed by atoms with Crippen molar-refractivity contribution < 1.29 is 24.2 Å². The minimum Gasteiger partial charge on any atom is -0.481 e. The van der Waals surface area contributed by atoms with E-state index >= 15 is 0 Å². The molecule has 164 valence electrons. The second-order valence-electron chi connectivity index (χ2n) is 9.33. The zero-order valence-corrected chi connectivity index (χ0v) is 18.2. The smallest absolute Gasteiger partial charge is 0.409 e. The first-order chi connectivity index (χ1) is 14.7. The number of fused-ring (bicyclic) bond motifs is 3. The van der Waals surface area contributed by atoms with Gasteiger partial charge in [0, 0.05) is 12.5 Å². The number of hydrogen-bond donors (Lipinski definition) is 1. The second kappa shape index (κ2) is 8.35. The number of carboxylic acids is 1. The van der Waals surface area contributed by atoms with Crippen molar-refractivity contribution in [1.29, 1.82) is 0 Å². The third kappa shape index (κ3) is 4.59. The first-order valence-corrected chi connectivity index (χ1v) is 10.7. The van der Waals surface area contributed by atoms with E-state index in [4.69, 9.17) is 9.47 Å². The number of nitrogens with zero attached hydrogens (tertiary/aromatic N) is 1. The summed E-state index contributed by atoms with van der Waals surface area (Å²) in [4.78, 5) is 26.0. The first-order valence-electron chi connectivity index (χ1n) is 10.7. The molecule has 2 aromatic carbocycles. The highest BCUT2D eigenvalue weighted by atomic mass is 16.6. The topological polar surface area (TPSA) is 76.1 Å². The van der Waals surface area contributed by atoms with Crippen LogP contribution < -0.4 is 0 Å². The molecular weight excluding hydrogens is 394 g/mol. The van der Waals surface area contributed by atoms with E-state index < -0.39 is 23.6 Å². The van der Waals surface area contributed by atoms with Crippen molar-refractivity contribution in [1.82, 2.24) is 4.90 Å². The van der Waals surface area contributed by atoms with Crippen molar-refractivity contribution in [2.24, 2.45) is 5.92 Å². The third-order valence-corrected chi connectivity index (χ3v) is 5.88. The van der Waals surface area contributed by atoms with Crippen LogP contribution in [-0.4, -0.2) is 53.5 Å². The van der Waals surface area contributed by atoms with E-state index in [0.717, 1.165) is 11.1 Å². The van der Waals surface area contributed by atoms with Gasteiger partial charge in [-0.25, -0.2) is 4.79 Å². The Labute approximate surface area is 182 Å². The molecule has 6 heteroatoms. The molecule has 2 aromatic rings. The maximum Gasteiger partial charge on any atom is 0.409 e. The quantitative estimate of drug-likeness (QED) is 0.782. The van der Waals surface area contributed by atoms with E-state index in [1.165, 1.54) is 16.0 Å². The summed E-state index contributed by atoms with van der Waals surface area (Å²) in [6, 6.07) is 16.3. The number of carbonyl (C=O) groups is 2. The second-order valence-corrected chi connectivity index (χ2v) is 9.33. The molecule has 0 unspecified atom stereocenters. The minimum absolute atomic E-state index is 0.0296. The number of hydrogen-bond acceptors (Lipinski definition) is 4. The molecule has 1 heterocycles. The summed E-state index contributed by atoms with van der Waals surface area (Å²) >= 11 is 0. The zero-order chi connectivity index (χ0) is 22.2. The molecule has 0 spiro atoms. The fourth-order valence-corrected chi connectivity index (χ4v) is 4.65. The summed E-state index contributed by atoms with van der Waals surface area (Å²) in [6.45, 7) is 6.46. The molecular formula is C25H29NO5. The Morgan fingerprint density at radius 3 is 2.13 bits per heavy atom. The van der Waals surface area contributed by atoms with E-state index in [0.29, 0.717) is 13.0 Å². The molecule has 0 aromatic heterocycles. The SMILES string of the molecule is CC(C)(C)O[C@H]1C[C@@H](C(=O)O)CN(C(=O)OCC2c3ccccc3-c3ccccc32)C1. The lowest BCUT2D eigenvalue weighted by molar-refractivity contribution is -0.149. The lowest BCUT2D eigenvalue weighted by Crippen LogP contribution is -2.50. The summed E-state index contributed by atoms with van der Waals surface area (Å²) in [5, 5.41) is 9.54. The number of aliphatic carboxylic acids is 1. The van der Waals surface area contributed by atoms with Gasteiger partial charge in [0.15, 0.2) is 0 Å². The standard InChI is InChI=1S/C25H29NO5/c1-25(2,3)31-17-12-16(23(27)28)13-26(14-17)24(29)30-15-22-20-10-6-4-8-18(20)19-9-5-7-11-21(19)22/h4-11,16-17,22H,12-15H2,1-3H3,(H,27,28)/t16-,17+/m1/s1. The van der Waals surface area contributed by atoms with Gasteiger partial charge in [-0.05, 0) is 49.4 Å². The van der Waals surface area contributed by atoms with Crippen molar-refractivity contribution >= 4 is 12.1 Å².